The summed E-state index contributed by atoms with van der Waals surface area (Å²) in [4.78, 5) is 20.8. The molecule has 0 bridgehead atoms. The van der Waals surface area contributed by atoms with Crippen LogP contribution in [0.1, 0.15) is 13.3 Å². The number of aliphatic carboxylic acids is 2. The van der Waals surface area contributed by atoms with Crippen molar-refractivity contribution in [2.45, 2.75) is 13.3 Å². The fraction of sp³-hybridized carbons (Fsp3) is 0.333. The van der Waals surface area contributed by atoms with Gasteiger partial charge in [-0.2, -0.15) is 0 Å². The molecule has 0 aromatic carbocycles. The van der Waals surface area contributed by atoms with Crippen LogP contribution in [-0.2, 0) is 9.59 Å². The summed E-state index contributed by atoms with van der Waals surface area (Å²) < 4.78 is 0. The van der Waals surface area contributed by atoms with Gasteiger partial charge in [-0.25, -0.2) is 9.59 Å². The van der Waals surface area contributed by atoms with E-state index in [1.165, 1.54) is 0 Å². The van der Waals surface area contributed by atoms with Crippen molar-refractivity contribution in [3.63, 3.8) is 0 Å². The molecule has 0 fully saturated rings. The topological polar surface area (TPSA) is 74.6 Å². The molecule has 0 radical (unpaired) electrons. The van der Waals surface area contributed by atoms with Crippen molar-refractivity contribution in [1.82, 2.24) is 0 Å². The van der Waals surface area contributed by atoms with Crippen LogP contribution in [0.5, 0.6) is 0 Å². The Morgan fingerprint density at radius 1 is 1.23 bits per heavy atom. The molecule has 0 rings (SSSR count). The van der Waals surface area contributed by atoms with E-state index in [0.29, 0.717) is 0 Å². The van der Waals surface area contributed by atoms with E-state index in [1.807, 2.05) is 0 Å². The second-order valence-corrected chi connectivity index (χ2v) is 2.84. The molecule has 1 atom stereocenters. The van der Waals surface area contributed by atoms with E-state index >= 15 is 0 Å². The number of rotatable bonds is 5. The number of hydrogen-bond donors (Lipinski definition) is 2. The standard InChI is InChI=1S/C9H12O4/c1-5(7(3)9(12)13)4-6(2)8(10)11/h5H,2-4H2,1H3,(H,10,11)(H,12,13). The molecule has 72 valence electrons. The lowest BCUT2D eigenvalue weighted by Crippen LogP contribution is -2.11. The molecule has 0 amide bonds. The van der Waals surface area contributed by atoms with Gasteiger partial charge in [0.25, 0.3) is 0 Å². The van der Waals surface area contributed by atoms with Crippen LogP contribution in [0.15, 0.2) is 24.3 Å². The molecular formula is C9H12O4. The third-order valence-electron chi connectivity index (χ3n) is 1.72. The first kappa shape index (κ1) is 11.4. The van der Waals surface area contributed by atoms with Gasteiger partial charge in [-0.05, 0) is 12.3 Å². The molecule has 0 aliphatic carbocycles. The Morgan fingerprint density at radius 3 is 2.00 bits per heavy atom. The average Bonchev–Trinajstić information content (AvgIpc) is 2.02. The molecule has 0 saturated heterocycles. The summed E-state index contributed by atoms with van der Waals surface area (Å²) >= 11 is 0. The van der Waals surface area contributed by atoms with Crippen molar-refractivity contribution in [2.75, 3.05) is 0 Å². The van der Waals surface area contributed by atoms with E-state index in [9.17, 15) is 9.59 Å². The molecule has 13 heavy (non-hydrogen) atoms. The first-order chi connectivity index (χ1) is 5.86. The quantitative estimate of drug-likeness (QED) is 0.631. The highest BCUT2D eigenvalue weighted by Crippen LogP contribution is 2.17. The molecule has 1 unspecified atom stereocenters. The van der Waals surface area contributed by atoms with Gasteiger partial charge in [-0.3, -0.25) is 0 Å². The maximum atomic E-state index is 10.4. The van der Waals surface area contributed by atoms with Gasteiger partial charge in [0.1, 0.15) is 0 Å². The predicted molar refractivity (Wildman–Crippen MR) is 47.3 cm³/mol. The molecule has 4 heteroatoms. The highest BCUT2D eigenvalue weighted by atomic mass is 16.4. The highest BCUT2D eigenvalue weighted by molar-refractivity contribution is 5.88. The summed E-state index contributed by atoms with van der Waals surface area (Å²) in [6.07, 6.45) is 0.112. The van der Waals surface area contributed by atoms with Crippen molar-refractivity contribution in [3.05, 3.63) is 24.3 Å². The van der Waals surface area contributed by atoms with Crippen LogP contribution in [0, 0.1) is 5.92 Å². The summed E-state index contributed by atoms with van der Waals surface area (Å²) in [6.45, 7) is 8.24. The van der Waals surface area contributed by atoms with E-state index in [-0.39, 0.29) is 17.6 Å². The number of carbonyl (C=O) groups is 2. The van der Waals surface area contributed by atoms with Gasteiger partial charge in [0, 0.05) is 11.1 Å². The summed E-state index contributed by atoms with van der Waals surface area (Å²) in [5.74, 6) is -2.61. The molecule has 0 aromatic rings. The normalized spacial score (nSPS) is 11.8. The molecule has 4 nitrogen and oxygen atoms in total. The summed E-state index contributed by atoms with van der Waals surface area (Å²) in [7, 11) is 0. The Labute approximate surface area is 76.2 Å². The Bertz CT molecular complexity index is 265. The lowest BCUT2D eigenvalue weighted by Gasteiger charge is -2.10. The molecular weight excluding hydrogens is 172 g/mol. The number of hydrogen-bond acceptors (Lipinski definition) is 2. The van der Waals surface area contributed by atoms with E-state index in [2.05, 4.69) is 13.2 Å². The van der Waals surface area contributed by atoms with Crippen molar-refractivity contribution in [1.29, 1.82) is 0 Å². The zero-order valence-corrected chi connectivity index (χ0v) is 7.41. The van der Waals surface area contributed by atoms with Crippen LogP contribution >= 0.6 is 0 Å². The van der Waals surface area contributed by atoms with Crippen LogP contribution in [0.4, 0.5) is 0 Å². The van der Waals surface area contributed by atoms with Crippen molar-refractivity contribution >= 4 is 11.9 Å². The molecule has 0 spiro atoms. The van der Waals surface area contributed by atoms with Gasteiger partial charge in [0.15, 0.2) is 0 Å². The summed E-state index contributed by atoms with van der Waals surface area (Å²) in [6, 6.07) is 0. The smallest absolute Gasteiger partial charge is 0.331 e. The fourth-order valence-corrected chi connectivity index (χ4v) is 0.791. The highest BCUT2D eigenvalue weighted by Gasteiger charge is 2.16. The van der Waals surface area contributed by atoms with E-state index in [4.69, 9.17) is 10.2 Å². The lowest BCUT2D eigenvalue weighted by molar-refractivity contribution is -0.134. The zero-order valence-electron chi connectivity index (χ0n) is 7.41. The molecule has 0 saturated carbocycles. The zero-order chi connectivity index (χ0) is 10.6. The van der Waals surface area contributed by atoms with Crippen LogP contribution < -0.4 is 0 Å². The molecule has 2 N–H and O–H groups in total. The minimum absolute atomic E-state index is 0.00222. The number of carboxylic acid groups (broad SMARTS) is 2. The lowest BCUT2D eigenvalue weighted by atomic mass is 9.95. The van der Waals surface area contributed by atoms with Gasteiger partial charge in [0.2, 0.25) is 0 Å². The van der Waals surface area contributed by atoms with Gasteiger partial charge in [0.05, 0.1) is 0 Å². The molecule has 0 aromatic heterocycles. The van der Waals surface area contributed by atoms with Crippen LogP contribution in [0.3, 0.4) is 0 Å². The second kappa shape index (κ2) is 4.45. The first-order valence-electron chi connectivity index (χ1n) is 3.69. The van der Waals surface area contributed by atoms with Crippen LogP contribution in [0.25, 0.3) is 0 Å². The number of carboxylic acids is 2. The molecule has 0 aliphatic rings. The van der Waals surface area contributed by atoms with Crippen molar-refractivity contribution in [3.8, 4) is 0 Å². The van der Waals surface area contributed by atoms with Gasteiger partial charge in [-0.1, -0.05) is 20.1 Å². The Kier molecular flexibility index (Phi) is 3.91. The maximum absolute atomic E-state index is 10.4. The SMILES string of the molecule is C=C(CC(C)C(=C)C(=O)O)C(=O)O. The minimum Gasteiger partial charge on any atom is -0.478 e. The predicted octanol–water partition coefficient (Wildman–Crippen LogP) is 1.29. The maximum Gasteiger partial charge on any atom is 0.331 e. The Morgan fingerprint density at radius 2 is 1.69 bits per heavy atom. The fourth-order valence-electron chi connectivity index (χ4n) is 0.791. The summed E-state index contributed by atoms with van der Waals surface area (Å²) in [5.41, 5.74) is -0.00250. The van der Waals surface area contributed by atoms with Gasteiger partial charge < -0.3 is 10.2 Å². The van der Waals surface area contributed by atoms with Crippen molar-refractivity contribution < 1.29 is 19.8 Å². The van der Waals surface area contributed by atoms with Crippen molar-refractivity contribution in [2.24, 2.45) is 5.92 Å². The Hall–Kier alpha value is -1.58. The molecule has 0 aliphatic heterocycles. The largest absolute Gasteiger partial charge is 0.478 e. The monoisotopic (exact) mass is 184 g/mol. The van der Waals surface area contributed by atoms with Gasteiger partial charge >= 0.3 is 11.9 Å². The van der Waals surface area contributed by atoms with E-state index in [0.717, 1.165) is 0 Å². The van der Waals surface area contributed by atoms with E-state index < -0.39 is 17.9 Å². The molecule has 0 heterocycles. The van der Waals surface area contributed by atoms with E-state index in [1.54, 1.807) is 6.92 Å². The van der Waals surface area contributed by atoms with Crippen LogP contribution in [0.2, 0.25) is 0 Å². The Balaban J connectivity index is 4.23. The van der Waals surface area contributed by atoms with Crippen LogP contribution in [-0.4, -0.2) is 22.2 Å². The third-order valence-corrected chi connectivity index (χ3v) is 1.72. The summed E-state index contributed by atoms with van der Waals surface area (Å²) in [5, 5.41) is 17.0. The average molecular weight is 184 g/mol. The second-order valence-electron chi connectivity index (χ2n) is 2.84. The van der Waals surface area contributed by atoms with Gasteiger partial charge in [-0.15, -0.1) is 0 Å². The minimum atomic E-state index is -1.11. The third kappa shape index (κ3) is 3.55. The first-order valence-corrected chi connectivity index (χ1v) is 3.69.